The SMILES string of the molecule is CCN(C)C(=O)C(C)Nc1ncnc(N)c1OC. The standard InChI is InChI=1S/C11H19N5O2/c1-5-16(3)11(17)7(2)15-10-8(18-4)9(12)13-6-14-10/h6-7H,5H2,1-4H3,(H3,12,13,14,15). The van der Waals surface area contributed by atoms with Crippen molar-refractivity contribution in [2.24, 2.45) is 0 Å². The lowest BCUT2D eigenvalue weighted by molar-refractivity contribution is -0.130. The number of nitrogen functional groups attached to an aromatic ring is 1. The van der Waals surface area contributed by atoms with Gasteiger partial charge in [0.25, 0.3) is 0 Å². The van der Waals surface area contributed by atoms with Crippen molar-refractivity contribution in [3.05, 3.63) is 6.33 Å². The second-order valence-electron chi connectivity index (χ2n) is 3.86. The number of hydrogen-bond acceptors (Lipinski definition) is 6. The minimum Gasteiger partial charge on any atom is -0.490 e. The number of methoxy groups -OCH3 is 1. The smallest absolute Gasteiger partial charge is 0.244 e. The summed E-state index contributed by atoms with van der Waals surface area (Å²) in [6.45, 7) is 4.31. The third kappa shape index (κ3) is 2.99. The first-order valence-electron chi connectivity index (χ1n) is 5.67. The largest absolute Gasteiger partial charge is 0.490 e. The Labute approximate surface area is 106 Å². The highest BCUT2D eigenvalue weighted by molar-refractivity contribution is 5.84. The summed E-state index contributed by atoms with van der Waals surface area (Å²) < 4.78 is 5.11. The molecule has 1 heterocycles. The van der Waals surface area contributed by atoms with Gasteiger partial charge < -0.3 is 20.7 Å². The molecule has 0 aliphatic rings. The monoisotopic (exact) mass is 253 g/mol. The Balaban J connectivity index is 2.85. The Morgan fingerprint density at radius 2 is 2.28 bits per heavy atom. The van der Waals surface area contributed by atoms with E-state index in [1.807, 2.05) is 6.92 Å². The van der Waals surface area contributed by atoms with E-state index in [0.29, 0.717) is 18.1 Å². The van der Waals surface area contributed by atoms with Gasteiger partial charge in [0.1, 0.15) is 12.4 Å². The molecule has 0 bridgehead atoms. The molecule has 3 N–H and O–H groups in total. The Kier molecular flexibility index (Phi) is 4.70. The number of nitrogens with zero attached hydrogens (tertiary/aromatic N) is 3. The molecule has 1 amide bonds. The van der Waals surface area contributed by atoms with E-state index in [9.17, 15) is 4.79 Å². The first-order chi connectivity index (χ1) is 8.51. The van der Waals surface area contributed by atoms with E-state index < -0.39 is 6.04 Å². The van der Waals surface area contributed by atoms with Crippen LogP contribution < -0.4 is 15.8 Å². The van der Waals surface area contributed by atoms with Crippen LogP contribution in [0, 0.1) is 0 Å². The number of amides is 1. The van der Waals surface area contributed by atoms with Crippen LogP contribution in [0.1, 0.15) is 13.8 Å². The van der Waals surface area contributed by atoms with Crippen molar-refractivity contribution in [3.63, 3.8) is 0 Å². The quantitative estimate of drug-likeness (QED) is 0.786. The van der Waals surface area contributed by atoms with Gasteiger partial charge in [0.05, 0.1) is 7.11 Å². The van der Waals surface area contributed by atoms with Crippen LogP contribution in [0.4, 0.5) is 11.6 Å². The summed E-state index contributed by atoms with van der Waals surface area (Å²) in [5.74, 6) is 0.960. The summed E-state index contributed by atoms with van der Waals surface area (Å²) in [6, 6.07) is -0.418. The summed E-state index contributed by atoms with van der Waals surface area (Å²) >= 11 is 0. The van der Waals surface area contributed by atoms with E-state index in [1.165, 1.54) is 13.4 Å². The maximum Gasteiger partial charge on any atom is 0.244 e. The normalized spacial score (nSPS) is 11.8. The molecule has 1 rings (SSSR count). The van der Waals surface area contributed by atoms with Gasteiger partial charge in [0, 0.05) is 13.6 Å². The summed E-state index contributed by atoms with van der Waals surface area (Å²) in [4.78, 5) is 21.4. The van der Waals surface area contributed by atoms with E-state index in [0.717, 1.165) is 0 Å². The summed E-state index contributed by atoms with van der Waals surface area (Å²) in [6.07, 6.45) is 1.32. The molecule has 0 spiro atoms. The fourth-order valence-corrected chi connectivity index (χ4v) is 1.44. The lowest BCUT2D eigenvalue weighted by Crippen LogP contribution is -2.39. The van der Waals surface area contributed by atoms with Crippen molar-refractivity contribution >= 4 is 17.5 Å². The molecule has 0 fully saturated rings. The Morgan fingerprint density at radius 3 is 2.83 bits per heavy atom. The van der Waals surface area contributed by atoms with Gasteiger partial charge in [-0.25, -0.2) is 9.97 Å². The van der Waals surface area contributed by atoms with Crippen LogP contribution in [0.3, 0.4) is 0 Å². The van der Waals surface area contributed by atoms with E-state index >= 15 is 0 Å². The third-order valence-electron chi connectivity index (χ3n) is 2.61. The first-order valence-corrected chi connectivity index (χ1v) is 5.67. The summed E-state index contributed by atoms with van der Waals surface area (Å²) in [5.41, 5.74) is 5.66. The van der Waals surface area contributed by atoms with Gasteiger partial charge in [-0.2, -0.15) is 0 Å². The fourth-order valence-electron chi connectivity index (χ4n) is 1.44. The highest BCUT2D eigenvalue weighted by Gasteiger charge is 2.19. The molecular weight excluding hydrogens is 234 g/mol. The molecule has 1 aromatic rings. The van der Waals surface area contributed by atoms with Crippen LogP contribution in [-0.2, 0) is 4.79 Å². The highest BCUT2D eigenvalue weighted by Crippen LogP contribution is 2.26. The Hall–Kier alpha value is -2.05. The van der Waals surface area contributed by atoms with Crippen molar-refractivity contribution in [1.29, 1.82) is 0 Å². The number of aromatic nitrogens is 2. The van der Waals surface area contributed by atoms with Crippen molar-refractivity contribution in [2.45, 2.75) is 19.9 Å². The number of nitrogens with one attached hydrogen (secondary N) is 1. The van der Waals surface area contributed by atoms with Crippen LogP contribution in [0.2, 0.25) is 0 Å². The molecule has 1 aromatic heterocycles. The van der Waals surface area contributed by atoms with Gasteiger partial charge in [-0.15, -0.1) is 0 Å². The molecule has 0 saturated heterocycles. The molecule has 1 unspecified atom stereocenters. The molecule has 18 heavy (non-hydrogen) atoms. The maximum atomic E-state index is 11.9. The molecule has 0 radical (unpaired) electrons. The van der Waals surface area contributed by atoms with Gasteiger partial charge in [0.2, 0.25) is 11.7 Å². The van der Waals surface area contributed by atoms with Crippen LogP contribution >= 0.6 is 0 Å². The molecule has 0 saturated carbocycles. The van der Waals surface area contributed by atoms with Crippen LogP contribution in [0.5, 0.6) is 5.75 Å². The van der Waals surface area contributed by atoms with E-state index in [2.05, 4.69) is 15.3 Å². The van der Waals surface area contributed by atoms with E-state index in [-0.39, 0.29) is 11.7 Å². The lowest BCUT2D eigenvalue weighted by atomic mass is 10.3. The van der Waals surface area contributed by atoms with Crippen LogP contribution in [0.15, 0.2) is 6.33 Å². The van der Waals surface area contributed by atoms with Crippen LogP contribution in [0.25, 0.3) is 0 Å². The third-order valence-corrected chi connectivity index (χ3v) is 2.61. The second kappa shape index (κ2) is 6.04. The molecular formula is C11H19N5O2. The van der Waals surface area contributed by atoms with E-state index in [1.54, 1.807) is 18.9 Å². The number of ether oxygens (including phenoxy) is 1. The Morgan fingerprint density at radius 1 is 1.61 bits per heavy atom. The second-order valence-corrected chi connectivity index (χ2v) is 3.86. The molecule has 1 atom stereocenters. The van der Waals surface area contributed by atoms with Crippen molar-refractivity contribution < 1.29 is 9.53 Å². The zero-order chi connectivity index (χ0) is 13.7. The van der Waals surface area contributed by atoms with Crippen molar-refractivity contribution in [1.82, 2.24) is 14.9 Å². The fraction of sp³-hybridized carbons (Fsp3) is 0.545. The van der Waals surface area contributed by atoms with Gasteiger partial charge >= 0.3 is 0 Å². The van der Waals surface area contributed by atoms with Gasteiger partial charge in [-0.05, 0) is 13.8 Å². The molecule has 0 aliphatic carbocycles. The highest BCUT2D eigenvalue weighted by atomic mass is 16.5. The van der Waals surface area contributed by atoms with Gasteiger partial charge in [-0.3, -0.25) is 4.79 Å². The zero-order valence-corrected chi connectivity index (χ0v) is 11.1. The van der Waals surface area contributed by atoms with Gasteiger partial charge in [-0.1, -0.05) is 0 Å². The number of hydrogen-bond donors (Lipinski definition) is 2. The first kappa shape index (κ1) is 14.0. The molecule has 100 valence electrons. The Bertz CT molecular complexity index is 424. The summed E-state index contributed by atoms with van der Waals surface area (Å²) in [5, 5.41) is 2.97. The molecule has 7 heteroatoms. The maximum absolute atomic E-state index is 11.9. The number of nitrogens with two attached hydrogens (primary N) is 1. The average Bonchev–Trinajstić information content (AvgIpc) is 2.37. The molecule has 0 aliphatic heterocycles. The van der Waals surface area contributed by atoms with Crippen molar-refractivity contribution in [2.75, 3.05) is 31.8 Å². The predicted octanol–water partition coefficient (Wildman–Crippen LogP) is 0.346. The lowest BCUT2D eigenvalue weighted by Gasteiger charge is -2.21. The number of carbonyl (C=O) groups excluding carboxylic acids is 1. The number of carbonyl (C=O) groups is 1. The minimum atomic E-state index is -0.418. The average molecular weight is 253 g/mol. The topological polar surface area (TPSA) is 93.4 Å². The van der Waals surface area contributed by atoms with Gasteiger partial charge in [0.15, 0.2) is 11.6 Å². The van der Waals surface area contributed by atoms with Crippen molar-refractivity contribution in [3.8, 4) is 5.75 Å². The number of likely N-dealkylation sites (N-methyl/N-ethyl adjacent to an activating group) is 1. The predicted molar refractivity (Wildman–Crippen MR) is 69.4 cm³/mol. The van der Waals surface area contributed by atoms with Crippen LogP contribution in [-0.4, -0.2) is 47.5 Å². The molecule has 7 nitrogen and oxygen atoms in total. The number of rotatable bonds is 5. The number of anilines is 2. The van der Waals surface area contributed by atoms with E-state index in [4.69, 9.17) is 10.5 Å². The summed E-state index contributed by atoms with van der Waals surface area (Å²) in [7, 11) is 3.22. The minimum absolute atomic E-state index is 0.0308. The zero-order valence-electron chi connectivity index (χ0n) is 11.1. The molecule has 0 aromatic carbocycles.